The minimum Gasteiger partial charge on any atom is -0.450 e. The molecule has 0 rings (SSSR count). The molecule has 0 aromatic carbocycles. The summed E-state index contributed by atoms with van der Waals surface area (Å²) in [5, 5.41) is 13.9. The topological polar surface area (TPSA) is 89.0 Å². The first-order valence-electron chi connectivity index (χ1n) is 0.651. The third-order valence-electron chi connectivity index (χ3n) is 0. The molecule has 0 amide bonds. The van der Waals surface area contributed by atoms with Crippen molar-refractivity contribution in [1.29, 1.82) is 0 Å². The summed E-state index contributed by atoms with van der Waals surface area (Å²) in [4.78, 5) is 8.56. The molecule has 4 nitrogen and oxygen atoms in total. The van der Waals surface area contributed by atoms with E-state index >= 15 is 0 Å². The van der Waals surface area contributed by atoms with E-state index in [1.807, 2.05) is 0 Å². The van der Waals surface area contributed by atoms with Gasteiger partial charge < -0.3 is 15.7 Å². The molecule has 0 heterocycles. The van der Waals surface area contributed by atoms with Gasteiger partial charge in [-0.25, -0.2) is 4.79 Å². The van der Waals surface area contributed by atoms with Crippen molar-refractivity contribution in [2.75, 3.05) is 0 Å². The second-order valence-electron chi connectivity index (χ2n) is 0.283. The molecular weight excluding hydrogens is 191 g/mol. The van der Waals surface area contributed by atoms with Gasteiger partial charge in [0.05, 0.1) is 0 Å². The van der Waals surface area contributed by atoms with Crippen molar-refractivity contribution < 1.29 is 54.0 Å². The van der Waals surface area contributed by atoms with Crippen LogP contribution in [0.25, 0.3) is 0 Å². The fourth-order valence-electron chi connectivity index (χ4n) is 0. The van der Waals surface area contributed by atoms with E-state index in [1.165, 1.54) is 0 Å². The van der Waals surface area contributed by atoms with Crippen LogP contribution in [-0.4, -0.2) is 21.8 Å². The van der Waals surface area contributed by atoms with Crippen LogP contribution in [0.1, 0.15) is 0 Å². The molecule has 0 aromatic rings. The molecule has 0 atom stereocenters. The Morgan fingerprint density at radius 3 is 1.29 bits per heavy atom. The number of carbonyl (C=O) groups is 1. The first-order valence-corrected chi connectivity index (χ1v) is 0.651. The van der Waals surface area contributed by atoms with E-state index in [2.05, 4.69) is 0 Å². The SMILES string of the molecule is O.O=C(O)O.[Fe].[Ni]. The average molecular weight is 195 g/mol. The Bertz CT molecular complexity index is 34.7. The van der Waals surface area contributed by atoms with Crippen LogP contribution in [0.5, 0.6) is 0 Å². The van der Waals surface area contributed by atoms with Gasteiger partial charge in [0, 0.05) is 33.6 Å². The molecule has 0 saturated carbocycles. The van der Waals surface area contributed by atoms with Crippen LogP contribution >= 0.6 is 0 Å². The van der Waals surface area contributed by atoms with Gasteiger partial charge in [0.1, 0.15) is 0 Å². The van der Waals surface area contributed by atoms with Crippen LogP contribution in [0.3, 0.4) is 0 Å². The van der Waals surface area contributed by atoms with Gasteiger partial charge in [0.15, 0.2) is 0 Å². The maximum absolute atomic E-state index is 8.56. The fraction of sp³-hybridized carbons (Fsp3) is 0. The van der Waals surface area contributed by atoms with Gasteiger partial charge in [0.25, 0.3) is 0 Å². The summed E-state index contributed by atoms with van der Waals surface area (Å²) in [7, 11) is 0. The van der Waals surface area contributed by atoms with Crippen molar-refractivity contribution in [2.45, 2.75) is 0 Å². The summed E-state index contributed by atoms with van der Waals surface area (Å²) >= 11 is 0. The molecule has 0 aromatic heterocycles. The molecule has 0 fully saturated rings. The van der Waals surface area contributed by atoms with E-state index in [4.69, 9.17) is 15.0 Å². The van der Waals surface area contributed by atoms with Crippen LogP contribution in [0.15, 0.2) is 0 Å². The van der Waals surface area contributed by atoms with Crippen molar-refractivity contribution in [3.05, 3.63) is 0 Å². The Hall–Kier alpha value is 0.243. The quantitative estimate of drug-likeness (QED) is 0.505. The Labute approximate surface area is 60.6 Å². The van der Waals surface area contributed by atoms with Crippen LogP contribution < -0.4 is 0 Å². The molecule has 0 aliphatic heterocycles. The van der Waals surface area contributed by atoms with Crippen LogP contribution in [0.4, 0.5) is 4.79 Å². The summed E-state index contributed by atoms with van der Waals surface area (Å²) in [6.45, 7) is 0. The predicted molar refractivity (Wildman–Crippen MR) is 14.3 cm³/mol. The normalized spacial score (nSPS) is 3.43. The summed E-state index contributed by atoms with van der Waals surface area (Å²) in [6, 6.07) is 0. The second-order valence-corrected chi connectivity index (χ2v) is 0.283. The molecule has 50 valence electrons. The molecule has 0 bridgehead atoms. The van der Waals surface area contributed by atoms with Crippen LogP contribution in [0.2, 0.25) is 0 Å². The number of rotatable bonds is 0. The molecule has 0 unspecified atom stereocenters. The molecule has 4 N–H and O–H groups in total. The van der Waals surface area contributed by atoms with E-state index in [9.17, 15) is 0 Å². The summed E-state index contributed by atoms with van der Waals surface area (Å²) in [6.07, 6.45) is -1.83. The molecule has 0 spiro atoms. The fourth-order valence-corrected chi connectivity index (χ4v) is 0. The maximum atomic E-state index is 8.56. The Morgan fingerprint density at radius 1 is 1.29 bits per heavy atom. The third kappa shape index (κ3) is 1900. The zero-order valence-electron chi connectivity index (χ0n) is 2.97. The largest absolute Gasteiger partial charge is 0.503 e. The monoisotopic (exact) mass is 194 g/mol. The van der Waals surface area contributed by atoms with E-state index < -0.39 is 6.16 Å². The Morgan fingerprint density at radius 2 is 1.29 bits per heavy atom. The van der Waals surface area contributed by atoms with Crippen molar-refractivity contribution in [1.82, 2.24) is 0 Å². The van der Waals surface area contributed by atoms with E-state index in [0.29, 0.717) is 0 Å². The van der Waals surface area contributed by atoms with Crippen molar-refractivity contribution in [3.63, 3.8) is 0 Å². The third-order valence-corrected chi connectivity index (χ3v) is 0. The van der Waals surface area contributed by atoms with Gasteiger partial charge in [-0.15, -0.1) is 0 Å². The number of carboxylic acid groups (broad SMARTS) is 2. The molecule has 7 heavy (non-hydrogen) atoms. The van der Waals surface area contributed by atoms with Gasteiger partial charge in [-0.2, -0.15) is 0 Å². The van der Waals surface area contributed by atoms with Gasteiger partial charge in [0.2, 0.25) is 0 Å². The molecule has 6 heteroatoms. The van der Waals surface area contributed by atoms with Gasteiger partial charge in [-0.05, 0) is 0 Å². The predicted octanol–water partition coefficient (Wildman–Crippen LogP) is -0.607. The standard InChI is InChI=1S/CH2O3.Fe.Ni.H2O/c2-1(3)4;;;/h(H2,2,3,4);;;1H2. The average Bonchev–Trinajstić information content (AvgIpc) is 0.811. The molecular formula is CH4FeNiO4. The minimum absolute atomic E-state index is 0. The summed E-state index contributed by atoms with van der Waals surface area (Å²) in [5.41, 5.74) is 0. The van der Waals surface area contributed by atoms with E-state index in [0.717, 1.165) is 0 Å². The van der Waals surface area contributed by atoms with Crippen LogP contribution in [0, 0.1) is 0 Å². The smallest absolute Gasteiger partial charge is 0.450 e. The van der Waals surface area contributed by atoms with Crippen LogP contribution in [-0.2, 0) is 33.6 Å². The van der Waals surface area contributed by atoms with Crippen molar-refractivity contribution in [3.8, 4) is 0 Å². The Kier molecular flexibility index (Phi) is 62.6. The second kappa shape index (κ2) is 16.3. The summed E-state index contributed by atoms with van der Waals surface area (Å²) < 4.78 is 0. The summed E-state index contributed by atoms with van der Waals surface area (Å²) in [5.74, 6) is 0. The van der Waals surface area contributed by atoms with Crippen molar-refractivity contribution in [2.24, 2.45) is 0 Å². The van der Waals surface area contributed by atoms with Crippen molar-refractivity contribution >= 4 is 6.16 Å². The number of hydrogen-bond donors (Lipinski definition) is 2. The Balaban J connectivity index is -0.0000000150. The molecule has 0 aliphatic carbocycles. The first kappa shape index (κ1) is 26.8. The van der Waals surface area contributed by atoms with Gasteiger partial charge in [-0.3, -0.25) is 0 Å². The van der Waals surface area contributed by atoms with Gasteiger partial charge >= 0.3 is 6.16 Å². The molecule has 0 saturated heterocycles. The van der Waals surface area contributed by atoms with E-state index in [1.54, 1.807) is 0 Å². The van der Waals surface area contributed by atoms with E-state index in [-0.39, 0.29) is 39.0 Å². The number of hydrogen-bond acceptors (Lipinski definition) is 1. The minimum atomic E-state index is -1.83. The maximum Gasteiger partial charge on any atom is 0.503 e. The first-order chi connectivity index (χ1) is 1.73. The zero-order valence-corrected chi connectivity index (χ0v) is 5.06. The van der Waals surface area contributed by atoms with Gasteiger partial charge in [-0.1, -0.05) is 0 Å². The zero-order chi connectivity index (χ0) is 3.58. The molecule has 0 aliphatic rings. The molecule has 0 radical (unpaired) electrons.